The Labute approximate surface area is 145 Å². The van der Waals surface area contributed by atoms with Gasteiger partial charge in [0.15, 0.2) is 0 Å². The normalized spacial score (nSPS) is 13.1. The van der Waals surface area contributed by atoms with Gasteiger partial charge in [-0.25, -0.2) is 8.42 Å². The highest BCUT2D eigenvalue weighted by Crippen LogP contribution is 2.37. The van der Waals surface area contributed by atoms with E-state index >= 15 is 0 Å². The average molecular weight is 370 g/mol. The largest absolute Gasteiger partial charge is 0.495 e. The van der Waals surface area contributed by atoms with E-state index in [0.717, 1.165) is 11.3 Å². The van der Waals surface area contributed by atoms with Gasteiger partial charge in [0, 0.05) is 18.6 Å². The van der Waals surface area contributed by atoms with Gasteiger partial charge >= 0.3 is 0 Å². The van der Waals surface area contributed by atoms with Crippen LogP contribution in [-0.4, -0.2) is 29.2 Å². The Morgan fingerprint density at radius 2 is 1.88 bits per heavy atom. The van der Waals surface area contributed by atoms with Gasteiger partial charge in [-0.15, -0.1) is 0 Å². The van der Waals surface area contributed by atoms with Crippen LogP contribution in [0.25, 0.3) is 0 Å². The van der Waals surface area contributed by atoms with Crippen molar-refractivity contribution in [2.24, 2.45) is 0 Å². The van der Waals surface area contributed by atoms with Crippen molar-refractivity contribution in [3.8, 4) is 17.2 Å². The van der Waals surface area contributed by atoms with Gasteiger partial charge in [-0.05, 0) is 23.8 Å². The zero-order valence-corrected chi connectivity index (χ0v) is 14.7. The van der Waals surface area contributed by atoms with Gasteiger partial charge in [0.25, 0.3) is 10.0 Å². The van der Waals surface area contributed by atoms with Crippen LogP contribution >= 0.6 is 11.6 Å². The highest BCUT2D eigenvalue weighted by molar-refractivity contribution is 7.92. The van der Waals surface area contributed by atoms with E-state index in [1.54, 1.807) is 12.1 Å². The first kappa shape index (κ1) is 16.7. The molecule has 24 heavy (non-hydrogen) atoms. The Morgan fingerprint density at radius 3 is 2.58 bits per heavy atom. The zero-order chi connectivity index (χ0) is 17.3. The first-order valence-electron chi connectivity index (χ1n) is 7.14. The maximum absolute atomic E-state index is 12.7. The van der Waals surface area contributed by atoms with E-state index in [9.17, 15) is 8.42 Å². The summed E-state index contributed by atoms with van der Waals surface area (Å²) in [6.07, 6.45) is 0.691. The second-order valence-electron chi connectivity index (χ2n) is 5.16. The van der Waals surface area contributed by atoms with Gasteiger partial charge in [0.2, 0.25) is 0 Å². The fourth-order valence-corrected chi connectivity index (χ4v) is 3.82. The van der Waals surface area contributed by atoms with E-state index in [4.69, 9.17) is 25.8 Å². The van der Waals surface area contributed by atoms with Gasteiger partial charge in [-0.3, -0.25) is 4.72 Å². The number of benzene rings is 2. The van der Waals surface area contributed by atoms with Crippen LogP contribution in [0.15, 0.2) is 35.2 Å². The van der Waals surface area contributed by atoms with E-state index < -0.39 is 10.0 Å². The van der Waals surface area contributed by atoms with E-state index in [1.165, 1.54) is 32.4 Å². The predicted octanol–water partition coefficient (Wildman–Crippen LogP) is 3.09. The van der Waals surface area contributed by atoms with Crippen LogP contribution in [0, 0.1) is 0 Å². The summed E-state index contributed by atoms with van der Waals surface area (Å²) in [5.74, 6) is 1.37. The minimum atomic E-state index is -3.79. The molecule has 1 aliphatic heterocycles. The van der Waals surface area contributed by atoms with Crippen molar-refractivity contribution in [3.05, 3.63) is 40.9 Å². The van der Waals surface area contributed by atoms with Gasteiger partial charge in [-0.2, -0.15) is 0 Å². The lowest BCUT2D eigenvalue weighted by Gasteiger charge is -2.14. The van der Waals surface area contributed by atoms with E-state index in [-0.39, 0.29) is 10.6 Å². The van der Waals surface area contributed by atoms with Crippen LogP contribution in [0.3, 0.4) is 0 Å². The minimum absolute atomic E-state index is 0.155. The number of methoxy groups -OCH3 is 2. The summed E-state index contributed by atoms with van der Waals surface area (Å²) in [4.78, 5) is 0.155. The van der Waals surface area contributed by atoms with Crippen molar-refractivity contribution >= 4 is 27.3 Å². The highest BCUT2D eigenvalue weighted by atomic mass is 35.5. The molecular formula is C16H16ClNO5S. The molecule has 1 heterocycles. The lowest BCUT2D eigenvalue weighted by molar-refractivity contribution is 0.356. The molecule has 2 aromatic rings. The molecule has 6 nitrogen and oxygen atoms in total. The quantitative estimate of drug-likeness (QED) is 0.876. The third kappa shape index (κ3) is 3.09. The molecule has 0 aliphatic carbocycles. The van der Waals surface area contributed by atoms with E-state index in [2.05, 4.69) is 4.72 Å². The smallest absolute Gasteiger partial charge is 0.262 e. The summed E-state index contributed by atoms with van der Waals surface area (Å²) in [6, 6.07) is 7.76. The van der Waals surface area contributed by atoms with Crippen LogP contribution in [0.2, 0.25) is 5.02 Å². The molecule has 1 N–H and O–H groups in total. The Kier molecular flexibility index (Phi) is 4.47. The molecule has 128 valence electrons. The molecule has 1 aliphatic rings. The molecule has 0 fully saturated rings. The number of ether oxygens (including phenoxy) is 3. The predicted molar refractivity (Wildman–Crippen MR) is 91.0 cm³/mol. The number of anilines is 1. The summed E-state index contributed by atoms with van der Waals surface area (Å²) >= 11 is 6.04. The van der Waals surface area contributed by atoms with E-state index in [0.29, 0.717) is 29.5 Å². The molecule has 2 aromatic carbocycles. The maximum Gasteiger partial charge on any atom is 0.262 e. The molecule has 0 radical (unpaired) electrons. The molecule has 8 heteroatoms. The van der Waals surface area contributed by atoms with Crippen molar-refractivity contribution in [1.82, 2.24) is 0 Å². The van der Waals surface area contributed by atoms with Crippen LogP contribution in [0.1, 0.15) is 5.56 Å². The summed E-state index contributed by atoms with van der Waals surface area (Å²) in [6.45, 7) is 0.564. The number of nitrogens with one attached hydrogen (secondary N) is 1. The standard InChI is InChI=1S/C16H16ClNO5S/c1-21-15-9-13(16(22-2)8-12(15)17)18-24(19,20)11-3-4-14-10(7-11)5-6-23-14/h3-4,7-9,18H,5-6H2,1-2H3. The molecule has 0 saturated heterocycles. The van der Waals surface area contributed by atoms with Crippen molar-refractivity contribution in [3.63, 3.8) is 0 Å². The maximum atomic E-state index is 12.7. The van der Waals surface area contributed by atoms with Gasteiger partial charge in [0.05, 0.1) is 36.4 Å². The lowest BCUT2D eigenvalue weighted by atomic mass is 10.2. The topological polar surface area (TPSA) is 73.9 Å². The third-order valence-corrected chi connectivity index (χ3v) is 5.35. The number of fused-ring (bicyclic) bond motifs is 1. The number of halogens is 1. The summed E-state index contributed by atoms with van der Waals surface area (Å²) in [7, 11) is -0.905. The number of sulfonamides is 1. The summed E-state index contributed by atoms with van der Waals surface area (Å²) in [5, 5.41) is 0.326. The van der Waals surface area contributed by atoms with Crippen LogP contribution in [0.4, 0.5) is 5.69 Å². The molecule has 0 spiro atoms. The average Bonchev–Trinajstić information content (AvgIpc) is 3.03. The van der Waals surface area contributed by atoms with Crippen molar-refractivity contribution in [1.29, 1.82) is 0 Å². The highest BCUT2D eigenvalue weighted by Gasteiger charge is 2.21. The van der Waals surface area contributed by atoms with Crippen LogP contribution < -0.4 is 18.9 Å². The van der Waals surface area contributed by atoms with Crippen LogP contribution in [0.5, 0.6) is 17.2 Å². The Morgan fingerprint density at radius 1 is 1.12 bits per heavy atom. The zero-order valence-electron chi connectivity index (χ0n) is 13.1. The van der Waals surface area contributed by atoms with Crippen LogP contribution in [-0.2, 0) is 16.4 Å². The Hall–Kier alpha value is -2.12. The monoisotopic (exact) mass is 369 g/mol. The Bertz CT molecular complexity index is 882. The second kappa shape index (κ2) is 6.41. The lowest BCUT2D eigenvalue weighted by Crippen LogP contribution is -2.14. The fraction of sp³-hybridized carbons (Fsp3) is 0.250. The molecule has 0 unspecified atom stereocenters. The van der Waals surface area contributed by atoms with Crippen molar-refractivity contribution < 1.29 is 22.6 Å². The number of hydrogen-bond donors (Lipinski definition) is 1. The molecular weight excluding hydrogens is 354 g/mol. The first-order valence-corrected chi connectivity index (χ1v) is 9.01. The molecule has 3 rings (SSSR count). The molecule has 0 saturated carbocycles. The SMILES string of the molecule is COc1cc(NS(=O)(=O)c2ccc3c(c2)CCO3)c(OC)cc1Cl. The van der Waals surface area contributed by atoms with E-state index in [1.807, 2.05) is 0 Å². The third-order valence-electron chi connectivity index (χ3n) is 3.69. The minimum Gasteiger partial charge on any atom is -0.495 e. The van der Waals surface area contributed by atoms with Crippen molar-refractivity contribution in [2.45, 2.75) is 11.3 Å². The number of hydrogen-bond acceptors (Lipinski definition) is 5. The van der Waals surface area contributed by atoms with Gasteiger partial charge in [-0.1, -0.05) is 11.6 Å². The first-order chi connectivity index (χ1) is 11.4. The summed E-state index contributed by atoms with van der Waals surface area (Å²) < 4.78 is 43.6. The fourth-order valence-electron chi connectivity index (χ4n) is 2.47. The molecule has 0 bridgehead atoms. The summed E-state index contributed by atoms with van der Waals surface area (Å²) in [5.41, 5.74) is 1.12. The van der Waals surface area contributed by atoms with Gasteiger partial charge < -0.3 is 14.2 Å². The second-order valence-corrected chi connectivity index (χ2v) is 7.25. The molecule has 0 aromatic heterocycles. The van der Waals surface area contributed by atoms with Crippen molar-refractivity contribution in [2.75, 3.05) is 25.5 Å². The molecule has 0 atom stereocenters. The number of rotatable bonds is 5. The van der Waals surface area contributed by atoms with Gasteiger partial charge in [0.1, 0.15) is 17.2 Å². The molecule has 0 amide bonds. The Balaban J connectivity index is 1.97.